The Labute approximate surface area is 155 Å². The Morgan fingerprint density at radius 3 is 2.42 bits per heavy atom. The molecular formula is C19H28N6O. The molecule has 0 amide bonds. The molecule has 1 saturated heterocycles. The van der Waals surface area contributed by atoms with E-state index in [0.717, 1.165) is 50.7 Å². The third-order valence-electron chi connectivity index (χ3n) is 4.59. The van der Waals surface area contributed by atoms with Gasteiger partial charge in [-0.1, -0.05) is 13.8 Å². The highest BCUT2D eigenvalue weighted by molar-refractivity contribution is 5.51. The van der Waals surface area contributed by atoms with Crippen LogP contribution in [0.4, 0.5) is 17.5 Å². The lowest BCUT2D eigenvalue weighted by atomic mass is 10.1. The zero-order valence-corrected chi connectivity index (χ0v) is 15.9. The summed E-state index contributed by atoms with van der Waals surface area (Å²) in [4.78, 5) is 9.27. The lowest BCUT2D eigenvalue weighted by Crippen LogP contribution is -2.46. The summed E-state index contributed by atoms with van der Waals surface area (Å²) in [5.74, 6) is 3.05. The molecule has 0 aliphatic carbocycles. The average molecular weight is 356 g/mol. The predicted octanol–water partition coefficient (Wildman–Crippen LogP) is 2.66. The van der Waals surface area contributed by atoms with Gasteiger partial charge in [0.25, 0.3) is 0 Å². The predicted molar refractivity (Wildman–Crippen MR) is 105 cm³/mol. The van der Waals surface area contributed by atoms with Gasteiger partial charge in [-0.05, 0) is 36.6 Å². The largest absolute Gasteiger partial charge is 0.497 e. The highest BCUT2D eigenvalue weighted by Crippen LogP contribution is 2.22. The van der Waals surface area contributed by atoms with E-state index in [2.05, 4.69) is 56.3 Å². The van der Waals surface area contributed by atoms with Crippen molar-refractivity contribution in [1.29, 1.82) is 0 Å². The molecule has 0 unspecified atom stereocenters. The maximum absolute atomic E-state index is 5.23. The SMILES string of the molecule is COc1ccc(N2CCN(c3cnnc(NCCC(C)C)n3)CC2)cc1. The first-order chi connectivity index (χ1) is 12.7. The molecule has 1 aromatic carbocycles. The van der Waals surface area contributed by atoms with Crippen molar-refractivity contribution in [2.24, 2.45) is 5.92 Å². The van der Waals surface area contributed by atoms with Crippen LogP contribution in [-0.2, 0) is 0 Å². The molecule has 0 bridgehead atoms. The van der Waals surface area contributed by atoms with Crippen LogP contribution in [0, 0.1) is 5.92 Å². The van der Waals surface area contributed by atoms with E-state index in [9.17, 15) is 0 Å². The summed E-state index contributed by atoms with van der Waals surface area (Å²) in [7, 11) is 1.69. The first kappa shape index (κ1) is 18.2. The van der Waals surface area contributed by atoms with E-state index in [-0.39, 0.29) is 0 Å². The number of benzene rings is 1. The number of piperazine rings is 1. The molecule has 0 spiro atoms. The van der Waals surface area contributed by atoms with Crippen LogP contribution < -0.4 is 19.9 Å². The average Bonchev–Trinajstić information content (AvgIpc) is 2.68. The molecule has 26 heavy (non-hydrogen) atoms. The zero-order chi connectivity index (χ0) is 18.4. The summed E-state index contributed by atoms with van der Waals surface area (Å²) < 4.78 is 5.23. The van der Waals surface area contributed by atoms with Crippen molar-refractivity contribution in [2.45, 2.75) is 20.3 Å². The number of nitrogens with one attached hydrogen (secondary N) is 1. The molecule has 2 aromatic rings. The van der Waals surface area contributed by atoms with Crippen molar-refractivity contribution in [1.82, 2.24) is 15.2 Å². The summed E-state index contributed by atoms with van der Waals surface area (Å²) in [6.07, 6.45) is 2.84. The number of rotatable bonds is 7. The molecule has 1 N–H and O–H groups in total. The van der Waals surface area contributed by atoms with Gasteiger partial charge in [-0.3, -0.25) is 0 Å². The number of hydrogen-bond donors (Lipinski definition) is 1. The van der Waals surface area contributed by atoms with Crippen molar-refractivity contribution in [3.63, 3.8) is 0 Å². The molecule has 140 valence electrons. The summed E-state index contributed by atoms with van der Waals surface area (Å²) in [5.41, 5.74) is 1.22. The van der Waals surface area contributed by atoms with Gasteiger partial charge in [-0.15, -0.1) is 5.10 Å². The molecule has 1 fully saturated rings. The molecule has 0 saturated carbocycles. The molecule has 7 heteroatoms. The van der Waals surface area contributed by atoms with Gasteiger partial charge >= 0.3 is 0 Å². The van der Waals surface area contributed by atoms with Gasteiger partial charge in [-0.25, -0.2) is 0 Å². The van der Waals surface area contributed by atoms with Crippen LogP contribution in [0.15, 0.2) is 30.5 Å². The minimum absolute atomic E-state index is 0.612. The standard InChI is InChI=1S/C19H28N6O/c1-15(2)8-9-20-19-22-18(14-21-23-19)25-12-10-24(11-13-25)16-4-6-17(26-3)7-5-16/h4-7,14-15H,8-13H2,1-3H3,(H,20,22,23). The third-order valence-corrected chi connectivity index (χ3v) is 4.59. The van der Waals surface area contributed by atoms with E-state index >= 15 is 0 Å². The second kappa shape index (κ2) is 8.69. The normalized spacial score (nSPS) is 14.6. The Bertz CT molecular complexity index is 683. The van der Waals surface area contributed by atoms with E-state index in [1.807, 2.05) is 12.1 Å². The Balaban J connectivity index is 1.55. The first-order valence-corrected chi connectivity index (χ1v) is 9.23. The Kier molecular flexibility index (Phi) is 6.09. The number of methoxy groups -OCH3 is 1. The zero-order valence-electron chi connectivity index (χ0n) is 15.9. The topological polar surface area (TPSA) is 66.4 Å². The van der Waals surface area contributed by atoms with Crippen molar-refractivity contribution in [3.05, 3.63) is 30.5 Å². The number of nitrogens with zero attached hydrogens (tertiary/aromatic N) is 5. The van der Waals surface area contributed by atoms with Crippen molar-refractivity contribution in [3.8, 4) is 5.75 Å². The van der Waals surface area contributed by atoms with Crippen molar-refractivity contribution in [2.75, 3.05) is 55.0 Å². The molecular weight excluding hydrogens is 328 g/mol. The van der Waals surface area contributed by atoms with E-state index in [1.165, 1.54) is 5.69 Å². The van der Waals surface area contributed by atoms with Crippen LogP contribution >= 0.6 is 0 Å². The second-order valence-electron chi connectivity index (χ2n) is 6.92. The first-order valence-electron chi connectivity index (χ1n) is 9.23. The Morgan fingerprint density at radius 2 is 1.77 bits per heavy atom. The maximum Gasteiger partial charge on any atom is 0.244 e. The highest BCUT2D eigenvalue weighted by atomic mass is 16.5. The molecule has 0 atom stereocenters. The molecule has 1 aliphatic rings. The van der Waals surface area contributed by atoms with Crippen LogP contribution in [0.1, 0.15) is 20.3 Å². The van der Waals surface area contributed by atoms with Crippen molar-refractivity contribution >= 4 is 17.5 Å². The Morgan fingerprint density at radius 1 is 1.08 bits per heavy atom. The van der Waals surface area contributed by atoms with Gasteiger partial charge in [0, 0.05) is 38.4 Å². The van der Waals surface area contributed by atoms with E-state index in [1.54, 1.807) is 13.3 Å². The molecule has 2 heterocycles. The van der Waals surface area contributed by atoms with Crippen LogP contribution in [0.2, 0.25) is 0 Å². The smallest absolute Gasteiger partial charge is 0.244 e. The van der Waals surface area contributed by atoms with Gasteiger partial charge in [-0.2, -0.15) is 10.1 Å². The lowest BCUT2D eigenvalue weighted by Gasteiger charge is -2.36. The van der Waals surface area contributed by atoms with Crippen molar-refractivity contribution < 1.29 is 4.74 Å². The summed E-state index contributed by atoms with van der Waals surface area (Å²) in [6, 6.07) is 8.23. The molecule has 0 radical (unpaired) electrons. The minimum Gasteiger partial charge on any atom is -0.497 e. The monoisotopic (exact) mass is 356 g/mol. The van der Waals surface area contributed by atoms with E-state index < -0.39 is 0 Å². The van der Waals surface area contributed by atoms with Crippen LogP contribution in [0.25, 0.3) is 0 Å². The number of ether oxygens (including phenoxy) is 1. The van der Waals surface area contributed by atoms with Gasteiger partial charge in [0.2, 0.25) is 5.95 Å². The Hall–Kier alpha value is -2.57. The van der Waals surface area contributed by atoms with Crippen LogP contribution in [-0.4, -0.2) is 55.0 Å². The number of hydrogen-bond acceptors (Lipinski definition) is 7. The fourth-order valence-electron chi connectivity index (χ4n) is 2.98. The quantitative estimate of drug-likeness (QED) is 0.818. The molecule has 1 aliphatic heterocycles. The van der Waals surface area contributed by atoms with Gasteiger partial charge in [0.05, 0.1) is 13.3 Å². The second-order valence-corrected chi connectivity index (χ2v) is 6.92. The van der Waals surface area contributed by atoms with E-state index in [0.29, 0.717) is 11.9 Å². The van der Waals surface area contributed by atoms with E-state index in [4.69, 9.17) is 4.74 Å². The molecule has 1 aromatic heterocycles. The summed E-state index contributed by atoms with van der Waals surface area (Å²) >= 11 is 0. The van der Waals surface area contributed by atoms with Crippen LogP contribution in [0.3, 0.4) is 0 Å². The fraction of sp³-hybridized carbons (Fsp3) is 0.526. The van der Waals surface area contributed by atoms with Gasteiger partial charge in [0.1, 0.15) is 5.75 Å². The van der Waals surface area contributed by atoms with Gasteiger partial charge in [0.15, 0.2) is 5.82 Å². The number of anilines is 3. The third kappa shape index (κ3) is 4.74. The van der Waals surface area contributed by atoms with Crippen LogP contribution in [0.5, 0.6) is 5.75 Å². The highest BCUT2D eigenvalue weighted by Gasteiger charge is 2.19. The van der Waals surface area contributed by atoms with Gasteiger partial charge < -0.3 is 19.9 Å². The fourth-order valence-corrected chi connectivity index (χ4v) is 2.98. The number of aromatic nitrogens is 3. The summed E-state index contributed by atoms with van der Waals surface area (Å²) in [6.45, 7) is 9.01. The molecule has 7 nitrogen and oxygen atoms in total. The molecule has 3 rings (SSSR count). The lowest BCUT2D eigenvalue weighted by molar-refractivity contribution is 0.415. The maximum atomic E-state index is 5.23. The minimum atomic E-state index is 0.612. The summed E-state index contributed by atoms with van der Waals surface area (Å²) in [5, 5.41) is 11.5.